The molecule has 0 bridgehead atoms. The molecule has 29 heavy (non-hydrogen) atoms. The predicted octanol–water partition coefficient (Wildman–Crippen LogP) is 3.81. The molecular formula is C23H30N6. The van der Waals surface area contributed by atoms with Gasteiger partial charge in [-0.2, -0.15) is 5.10 Å². The summed E-state index contributed by atoms with van der Waals surface area (Å²) >= 11 is 0. The van der Waals surface area contributed by atoms with Crippen molar-refractivity contribution < 1.29 is 0 Å². The molecule has 6 nitrogen and oxygen atoms in total. The number of aromatic nitrogens is 4. The van der Waals surface area contributed by atoms with Crippen LogP contribution in [0.1, 0.15) is 27.2 Å². The molecule has 1 saturated heterocycles. The van der Waals surface area contributed by atoms with Crippen LogP contribution >= 0.6 is 0 Å². The van der Waals surface area contributed by atoms with E-state index in [9.17, 15) is 0 Å². The van der Waals surface area contributed by atoms with Gasteiger partial charge in [0.25, 0.3) is 0 Å². The fourth-order valence-electron chi connectivity index (χ4n) is 4.55. The number of anilines is 1. The van der Waals surface area contributed by atoms with Crippen LogP contribution in [0.25, 0.3) is 22.2 Å². The molecule has 0 spiro atoms. The molecule has 0 unspecified atom stereocenters. The van der Waals surface area contributed by atoms with Crippen molar-refractivity contribution >= 4 is 16.7 Å². The Morgan fingerprint density at radius 1 is 1.07 bits per heavy atom. The smallest absolute Gasteiger partial charge is 0.148 e. The Labute approximate surface area is 172 Å². The summed E-state index contributed by atoms with van der Waals surface area (Å²) in [6.45, 7) is 10.6. The van der Waals surface area contributed by atoms with Crippen molar-refractivity contribution in [2.45, 2.75) is 33.2 Å². The monoisotopic (exact) mass is 390 g/mol. The van der Waals surface area contributed by atoms with Gasteiger partial charge < -0.3 is 10.2 Å². The van der Waals surface area contributed by atoms with Crippen LogP contribution in [-0.2, 0) is 7.05 Å². The molecule has 3 atom stereocenters. The summed E-state index contributed by atoms with van der Waals surface area (Å²) in [5, 5.41) is 18.1. The van der Waals surface area contributed by atoms with Crippen LogP contribution < -0.4 is 5.32 Å². The number of hydrogen-bond donors (Lipinski definition) is 1. The van der Waals surface area contributed by atoms with E-state index in [1.165, 1.54) is 26.1 Å². The van der Waals surface area contributed by atoms with E-state index in [-0.39, 0.29) is 0 Å². The first kappa shape index (κ1) is 18.6. The summed E-state index contributed by atoms with van der Waals surface area (Å²) in [6.07, 6.45) is 3.29. The molecule has 1 N–H and O–H groups in total. The maximum Gasteiger partial charge on any atom is 0.148 e. The predicted molar refractivity (Wildman–Crippen MR) is 117 cm³/mol. The van der Waals surface area contributed by atoms with Crippen molar-refractivity contribution in [3.8, 4) is 11.3 Å². The molecule has 1 aromatic carbocycles. The molecule has 5 rings (SSSR count). The summed E-state index contributed by atoms with van der Waals surface area (Å²) in [4.78, 5) is 2.63. The third kappa shape index (κ3) is 3.86. The number of likely N-dealkylation sites (tertiary alicyclic amines) is 1. The molecule has 2 aromatic heterocycles. The van der Waals surface area contributed by atoms with E-state index in [0.29, 0.717) is 11.5 Å². The molecule has 3 aromatic rings. The Balaban J connectivity index is 1.18. The van der Waals surface area contributed by atoms with Crippen molar-refractivity contribution in [1.29, 1.82) is 0 Å². The molecule has 1 aliphatic carbocycles. The number of aryl methyl sites for hydroxylation is 1. The van der Waals surface area contributed by atoms with Crippen LogP contribution in [0.3, 0.4) is 0 Å². The van der Waals surface area contributed by atoms with E-state index in [1.54, 1.807) is 0 Å². The van der Waals surface area contributed by atoms with E-state index < -0.39 is 0 Å². The molecule has 1 saturated carbocycles. The standard InChI is InChI=1S/C23H30N6/c1-23(2,3)9-10-29-13-17-18(14-29)22(17)24-21-8-7-19(25-26-21)15-5-6-20-16(11-15)12-28(4)27-20/h5-8,11-12,17-18,22H,9-10,13-14H2,1-4H3,(H,24,26)/t17-,18+,22-. The zero-order chi connectivity index (χ0) is 20.2. The summed E-state index contributed by atoms with van der Waals surface area (Å²) < 4.78 is 1.84. The first-order valence-corrected chi connectivity index (χ1v) is 10.6. The number of hydrogen-bond acceptors (Lipinski definition) is 5. The average Bonchev–Trinajstić information content (AvgIpc) is 3.02. The molecule has 2 aliphatic rings. The molecule has 1 aliphatic heterocycles. The van der Waals surface area contributed by atoms with E-state index >= 15 is 0 Å². The Kier molecular flexibility index (Phi) is 4.35. The summed E-state index contributed by atoms with van der Waals surface area (Å²) in [5.74, 6) is 2.42. The fraction of sp³-hybridized carbons (Fsp3) is 0.522. The van der Waals surface area contributed by atoms with E-state index in [2.05, 4.69) is 70.5 Å². The van der Waals surface area contributed by atoms with Crippen LogP contribution in [0.4, 0.5) is 5.82 Å². The lowest BCUT2D eigenvalue weighted by Gasteiger charge is -2.25. The SMILES string of the molecule is Cn1cc2cc(-c3ccc(N[C@@H]4[C@@H]5CN(CCC(C)(C)C)C[C@@H]54)nn3)ccc2n1. The van der Waals surface area contributed by atoms with E-state index in [1.807, 2.05) is 24.0 Å². The molecule has 152 valence electrons. The van der Waals surface area contributed by atoms with Gasteiger partial charge in [0.1, 0.15) is 5.82 Å². The second-order valence-corrected chi connectivity index (χ2v) is 9.95. The molecular weight excluding hydrogens is 360 g/mol. The second-order valence-electron chi connectivity index (χ2n) is 9.95. The van der Waals surface area contributed by atoms with Gasteiger partial charge in [-0.3, -0.25) is 4.68 Å². The maximum atomic E-state index is 4.46. The Morgan fingerprint density at radius 3 is 2.55 bits per heavy atom. The topological polar surface area (TPSA) is 58.9 Å². The number of fused-ring (bicyclic) bond motifs is 2. The van der Waals surface area contributed by atoms with Crippen molar-refractivity contribution in [2.24, 2.45) is 24.3 Å². The Morgan fingerprint density at radius 2 is 1.86 bits per heavy atom. The van der Waals surface area contributed by atoms with Crippen molar-refractivity contribution in [2.75, 3.05) is 25.0 Å². The fourth-order valence-corrected chi connectivity index (χ4v) is 4.55. The third-order valence-electron chi connectivity index (χ3n) is 6.34. The molecule has 0 amide bonds. The maximum absolute atomic E-state index is 4.46. The minimum absolute atomic E-state index is 0.420. The Bertz CT molecular complexity index is 1000. The van der Waals surface area contributed by atoms with Gasteiger partial charge in [-0.25, -0.2) is 0 Å². The molecule has 2 fully saturated rings. The molecule has 0 radical (unpaired) electrons. The van der Waals surface area contributed by atoms with Gasteiger partial charge in [0.2, 0.25) is 0 Å². The zero-order valence-electron chi connectivity index (χ0n) is 17.8. The van der Waals surface area contributed by atoms with Crippen molar-refractivity contribution in [1.82, 2.24) is 24.9 Å². The Hall–Kier alpha value is -2.47. The van der Waals surface area contributed by atoms with Crippen LogP contribution in [0.15, 0.2) is 36.5 Å². The van der Waals surface area contributed by atoms with Gasteiger partial charge in [-0.1, -0.05) is 26.8 Å². The van der Waals surface area contributed by atoms with Crippen LogP contribution in [0.5, 0.6) is 0 Å². The highest BCUT2D eigenvalue weighted by Crippen LogP contribution is 2.47. The number of nitrogens with one attached hydrogen (secondary N) is 1. The van der Waals surface area contributed by atoms with Gasteiger partial charge in [0, 0.05) is 43.3 Å². The van der Waals surface area contributed by atoms with Gasteiger partial charge in [0.05, 0.1) is 11.2 Å². The number of benzene rings is 1. The van der Waals surface area contributed by atoms with Crippen LogP contribution in [0.2, 0.25) is 0 Å². The van der Waals surface area contributed by atoms with Gasteiger partial charge in [0.15, 0.2) is 0 Å². The van der Waals surface area contributed by atoms with E-state index in [0.717, 1.165) is 39.8 Å². The van der Waals surface area contributed by atoms with Gasteiger partial charge >= 0.3 is 0 Å². The number of piperidine rings is 1. The lowest BCUT2D eigenvalue weighted by Crippen LogP contribution is -2.30. The summed E-state index contributed by atoms with van der Waals surface area (Å²) in [6, 6.07) is 10.9. The van der Waals surface area contributed by atoms with E-state index in [4.69, 9.17) is 0 Å². The van der Waals surface area contributed by atoms with Gasteiger partial charge in [-0.15, -0.1) is 10.2 Å². The minimum atomic E-state index is 0.420. The average molecular weight is 391 g/mol. The quantitative estimate of drug-likeness (QED) is 0.718. The van der Waals surface area contributed by atoms with Crippen LogP contribution in [0, 0.1) is 17.3 Å². The first-order valence-electron chi connectivity index (χ1n) is 10.6. The normalized spacial score (nSPS) is 24.1. The highest BCUT2D eigenvalue weighted by Gasteiger charge is 2.55. The zero-order valence-corrected chi connectivity index (χ0v) is 17.8. The number of rotatable bonds is 5. The highest BCUT2D eigenvalue weighted by atomic mass is 15.3. The van der Waals surface area contributed by atoms with Gasteiger partial charge in [-0.05, 0) is 54.5 Å². The van der Waals surface area contributed by atoms with Crippen molar-refractivity contribution in [3.63, 3.8) is 0 Å². The van der Waals surface area contributed by atoms with Crippen LogP contribution in [-0.4, -0.2) is 50.6 Å². The minimum Gasteiger partial charge on any atom is -0.365 e. The number of nitrogens with zero attached hydrogens (tertiary/aromatic N) is 5. The highest BCUT2D eigenvalue weighted by molar-refractivity contribution is 5.83. The third-order valence-corrected chi connectivity index (χ3v) is 6.34. The van der Waals surface area contributed by atoms with Crippen molar-refractivity contribution in [3.05, 3.63) is 36.5 Å². The summed E-state index contributed by atoms with van der Waals surface area (Å²) in [7, 11) is 1.94. The largest absolute Gasteiger partial charge is 0.365 e. The first-order chi connectivity index (χ1) is 13.9. The molecule has 3 heterocycles. The summed E-state index contributed by atoms with van der Waals surface area (Å²) in [5.41, 5.74) is 3.39. The lowest BCUT2D eigenvalue weighted by atomic mass is 9.92. The molecule has 6 heteroatoms. The lowest BCUT2D eigenvalue weighted by molar-refractivity contribution is 0.245. The second kappa shape index (κ2) is 6.80.